The quantitative estimate of drug-likeness (QED) is 0.484. The lowest BCUT2D eigenvalue weighted by Gasteiger charge is -2.18. The monoisotopic (exact) mass is 410 g/mol. The second kappa shape index (κ2) is 8.67. The molecule has 2 heterocycles. The van der Waals surface area contributed by atoms with Crippen LogP contribution in [0.3, 0.4) is 0 Å². The molecule has 2 N–H and O–H groups in total. The minimum atomic E-state index is -0.219. The second-order valence-electron chi connectivity index (χ2n) is 7.04. The van der Waals surface area contributed by atoms with Crippen LogP contribution in [0.25, 0.3) is 22.8 Å². The zero-order valence-corrected chi connectivity index (χ0v) is 17.3. The molecule has 4 aromatic rings. The van der Waals surface area contributed by atoms with Gasteiger partial charge in [0.15, 0.2) is 5.43 Å². The van der Waals surface area contributed by atoms with Crippen LogP contribution in [-0.4, -0.2) is 22.5 Å². The number of fused-ring (bicyclic) bond motifs is 1. The van der Waals surface area contributed by atoms with Crippen LogP contribution in [0.4, 0.5) is 11.5 Å². The lowest BCUT2D eigenvalue weighted by atomic mass is 10.1. The molecule has 2 aromatic heterocycles. The van der Waals surface area contributed by atoms with Crippen molar-refractivity contribution in [2.45, 2.75) is 6.92 Å². The van der Waals surface area contributed by atoms with E-state index in [0.29, 0.717) is 22.5 Å². The largest absolute Gasteiger partial charge is 0.356 e. The number of para-hydroxylation sites is 2. The van der Waals surface area contributed by atoms with Crippen LogP contribution < -0.4 is 16.1 Å². The highest BCUT2D eigenvalue weighted by Gasteiger charge is 2.14. The van der Waals surface area contributed by atoms with Gasteiger partial charge in [-0.2, -0.15) is 0 Å². The molecule has 0 fully saturated rings. The summed E-state index contributed by atoms with van der Waals surface area (Å²) in [5.74, 6) is 0.402. The zero-order valence-electron chi connectivity index (χ0n) is 17.3. The Kier molecular flexibility index (Phi) is 5.62. The summed E-state index contributed by atoms with van der Waals surface area (Å²) in [6.07, 6.45) is 3.10. The molecule has 1 amide bonds. The Morgan fingerprint density at radius 3 is 2.35 bits per heavy atom. The molecular formula is C25H22N4O2. The average molecular weight is 410 g/mol. The van der Waals surface area contributed by atoms with Crippen molar-refractivity contribution in [1.29, 1.82) is 0 Å². The van der Waals surface area contributed by atoms with Crippen molar-refractivity contribution in [2.75, 3.05) is 12.4 Å². The Morgan fingerprint density at radius 1 is 1.00 bits per heavy atom. The minimum Gasteiger partial charge on any atom is -0.356 e. The molecule has 0 radical (unpaired) electrons. The molecule has 0 bridgehead atoms. The van der Waals surface area contributed by atoms with Crippen LogP contribution >= 0.6 is 0 Å². The van der Waals surface area contributed by atoms with Gasteiger partial charge in [0.1, 0.15) is 11.5 Å². The Labute approximate surface area is 179 Å². The fraction of sp³-hybridized carbons (Fsp3) is 0.0800. The number of rotatable bonds is 5. The number of aryl methyl sites for hydroxylation is 1. The van der Waals surface area contributed by atoms with Gasteiger partial charge in [-0.3, -0.25) is 14.2 Å². The van der Waals surface area contributed by atoms with E-state index in [9.17, 15) is 9.59 Å². The van der Waals surface area contributed by atoms with E-state index >= 15 is 0 Å². The molecule has 6 nitrogen and oxygen atoms in total. The molecule has 0 saturated heterocycles. The topological polar surface area (TPSA) is 76.0 Å². The van der Waals surface area contributed by atoms with Crippen molar-refractivity contribution in [1.82, 2.24) is 14.9 Å². The summed E-state index contributed by atoms with van der Waals surface area (Å²) in [5.41, 5.74) is 3.58. The van der Waals surface area contributed by atoms with E-state index in [-0.39, 0.29) is 11.3 Å². The molecule has 0 aliphatic carbocycles. The molecule has 2 aromatic carbocycles. The van der Waals surface area contributed by atoms with Gasteiger partial charge in [-0.25, -0.2) is 4.98 Å². The number of hydrogen-bond donors (Lipinski definition) is 2. The number of anilines is 2. The summed E-state index contributed by atoms with van der Waals surface area (Å²) in [6, 6.07) is 22.8. The van der Waals surface area contributed by atoms with Crippen LogP contribution in [0.15, 0.2) is 83.7 Å². The number of pyridine rings is 2. The van der Waals surface area contributed by atoms with Gasteiger partial charge in [0.25, 0.3) is 0 Å². The maximum absolute atomic E-state index is 13.0. The number of benzene rings is 2. The van der Waals surface area contributed by atoms with E-state index in [2.05, 4.69) is 10.6 Å². The number of nitrogens with one attached hydrogen (secondary N) is 2. The van der Waals surface area contributed by atoms with Crippen molar-refractivity contribution in [3.05, 3.63) is 100 Å². The van der Waals surface area contributed by atoms with Crippen LogP contribution in [0.5, 0.6) is 0 Å². The van der Waals surface area contributed by atoms with Crippen molar-refractivity contribution >= 4 is 34.5 Å². The summed E-state index contributed by atoms with van der Waals surface area (Å²) < 4.78 is 1.93. The highest BCUT2D eigenvalue weighted by atomic mass is 16.1. The number of nitrogens with zero attached hydrogens (tertiary/aromatic N) is 2. The number of hydrogen-bond acceptors (Lipinski definition) is 4. The highest BCUT2D eigenvalue weighted by Crippen LogP contribution is 2.25. The van der Waals surface area contributed by atoms with E-state index in [1.54, 1.807) is 25.3 Å². The summed E-state index contributed by atoms with van der Waals surface area (Å²) in [7, 11) is 1.57. The normalized spacial score (nSPS) is 11.0. The highest BCUT2D eigenvalue weighted by molar-refractivity contribution is 5.92. The van der Waals surface area contributed by atoms with Crippen LogP contribution in [0.2, 0.25) is 0 Å². The first-order chi connectivity index (χ1) is 15.1. The summed E-state index contributed by atoms with van der Waals surface area (Å²) in [6.45, 7) is 1.86. The Morgan fingerprint density at radius 2 is 1.68 bits per heavy atom. The molecule has 0 aliphatic heterocycles. The standard InChI is InChI=1S/C25H22N4O2/c1-17-18(13-14-24(31)26-2)15-21-22(30)16-23(28-19-9-5-3-6-10-19)29(25(21)27-17)20-11-7-4-8-12-20/h3-16,28H,1-2H3,(H,26,31). The van der Waals surface area contributed by atoms with Gasteiger partial charge in [0.05, 0.1) is 5.39 Å². The summed E-state index contributed by atoms with van der Waals surface area (Å²) in [4.78, 5) is 29.4. The number of likely N-dealkylation sites (N-methyl/N-ethyl adjacent to an activating group) is 1. The second-order valence-corrected chi connectivity index (χ2v) is 7.04. The molecule has 4 rings (SSSR count). The predicted molar refractivity (Wildman–Crippen MR) is 125 cm³/mol. The maximum Gasteiger partial charge on any atom is 0.243 e. The average Bonchev–Trinajstić information content (AvgIpc) is 2.79. The van der Waals surface area contributed by atoms with Crippen LogP contribution in [0, 0.1) is 6.92 Å². The summed E-state index contributed by atoms with van der Waals surface area (Å²) in [5, 5.41) is 6.36. The molecule has 0 unspecified atom stereocenters. The molecule has 0 saturated carbocycles. The smallest absolute Gasteiger partial charge is 0.243 e. The lowest BCUT2D eigenvalue weighted by molar-refractivity contribution is -0.115. The van der Waals surface area contributed by atoms with E-state index in [0.717, 1.165) is 16.9 Å². The molecular weight excluding hydrogens is 388 g/mol. The van der Waals surface area contributed by atoms with Crippen LogP contribution in [-0.2, 0) is 4.79 Å². The van der Waals surface area contributed by atoms with Gasteiger partial charge in [-0.15, -0.1) is 0 Å². The SMILES string of the molecule is CNC(=O)C=Cc1cc2c(=O)cc(Nc3ccccc3)n(-c3ccccc3)c2nc1C. The van der Waals surface area contributed by atoms with Crippen molar-refractivity contribution in [2.24, 2.45) is 0 Å². The zero-order chi connectivity index (χ0) is 21.8. The van der Waals surface area contributed by atoms with Crippen LogP contribution in [0.1, 0.15) is 11.3 Å². The minimum absolute atomic E-state index is 0.150. The Bertz CT molecular complexity index is 1330. The molecule has 31 heavy (non-hydrogen) atoms. The number of carbonyl (C=O) groups excluding carboxylic acids is 1. The first-order valence-electron chi connectivity index (χ1n) is 9.91. The Balaban J connectivity index is 1.96. The third-order valence-electron chi connectivity index (χ3n) is 4.94. The van der Waals surface area contributed by atoms with Crippen molar-refractivity contribution in [3.63, 3.8) is 0 Å². The molecule has 0 aliphatic rings. The molecule has 0 atom stereocenters. The van der Waals surface area contributed by atoms with Crippen molar-refractivity contribution in [3.8, 4) is 5.69 Å². The first-order valence-corrected chi connectivity index (χ1v) is 9.91. The van der Waals surface area contributed by atoms with E-state index in [1.165, 1.54) is 6.08 Å². The number of amides is 1. The van der Waals surface area contributed by atoms with E-state index < -0.39 is 0 Å². The number of aromatic nitrogens is 2. The Hall–Kier alpha value is -4.19. The summed E-state index contributed by atoms with van der Waals surface area (Å²) >= 11 is 0. The first kappa shape index (κ1) is 20.1. The van der Waals surface area contributed by atoms with Gasteiger partial charge < -0.3 is 10.6 Å². The third-order valence-corrected chi connectivity index (χ3v) is 4.94. The van der Waals surface area contributed by atoms with E-state index in [1.807, 2.05) is 72.2 Å². The van der Waals surface area contributed by atoms with Gasteiger partial charge in [-0.05, 0) is 48.9 Å². The lowest BCUT2D eigenvalue weighted by Crippen LogP contribution is -2.15. The fourth-order valence-electron chi connectivity index (χ4n) is 3.36. The molecule has 6 heteroatoms. The van der Waals surface area contributed by atoms with E-state index in [4.69, 9.17) is 4.98 Å². The predicted octanol–water partition coefficient (Wildman–Crippen LogP) is 4.20. The van der Waals surface area contributed by atoms with Gasteiger partial charge in [0, 0.05) is 36.3 Å². The van der Waals surface area contributed by atoms with Crippen molar-refractivity contribution < 1.29 is 4.79 Å². The molecule has 154 valence electrons. The molecule has 0 spiro atoms. The van der Waals surface area contributed by atoms with Gasteiger partial charge in [0.2, 0.25) is 5.91 Å². The fourth-order valence-corrected chi connectivity index (χ4v) is 3.36. The number of carbonyl (C=O) groups is 1. The third kappa shape index (κ3) is 4.23. The maximum atomic E-state index is 13.0. The van der Waals surface area contributed by atoms with Gasteiger partial charge in [-0.1, -0.05) is 36.4 Å². The van der Waals surface area contributed by atoms with Gasteiger partial charge >= 0.3 is 0 Å².